The number of rotatable bonds is 7. The fraction of sp³-hybridized carbons (Fsp3) is 0.0323. The lowest BCUT2D eigenvalue weighted by molar-refractivity contribution is 0.669. The zero-order valence-corrected chi connectivity index (χ0v) is 35.0. The lowest BCUT2D eigenvalue weighted by Crippen LogP contribution is -2.31. The average Bonchev–Trinajstić information content (AvgIpc) is 4.01. The second-order valence-electron chi connectivity index (χ2n) is 17.1. The third kappa shape index (κ3) is 4.97. The summed E-state index contributed by atoms with van der Waals surface area (Å²) < 4.78 is 6.98. The Labute approximate surface area is 373 Å². The van der Waals surface area contributed by atoms with Crippen molar-refractivity contribution in [2.45, 2.75) is 10.8 Å². The van der Waals surface area contributed by atoms with Gasteiger partial charge in [0.1, 0.15) is 5.58 Å². The molecule has 64 heavy (non-hydrogen) atoms. The van der Waals surface area contributed by atoms with E-state index in [4.69, 9.17) is 4.42 Å². The first-order chi connectivity index (χ1) is 31.8. The molecule has 0 spiro atoms. The molecule has 0 amide bonds. The van der Waals surface area contributed by atoms with Crippen LogP contribution in [0.4, 0.5) is 17.1 Å². The van der Waals surface area contributed by atoms with Gasteiger partial charge < -0.3 is 9.32 Å². The smallest absolute Gasteiger partial charge is 0.159 e. The molecule has 2 aliphatic carbocycles. The summed E-state index contributed by atoms with van der Waals surface area (Å²) in [6.07, 6.45) is 0. The number of hydrogen-bond acceptors (Lipinski definition) is 2. The van der Waals surface area contributed by atoms with E-state index in [1.165, 1.54) is 66.8 Å². The van der Waals surface area contributed by atoms with Gasteiger partial charge in [-0.05, 0) is 97.1 Å². The SMILES string of the molecule is c1ccc(C2(c3ccccc3)c3ccccc3-c3ccc(N(c4ccccc4C4(c5ccccc5)c5ccccc5-c5ccccc54)c4cccc5c4oc4ccccc45)cc32)cc1. The second-order valence-corrected chi connectivity index (χ2v) is 17.1. The second kappa shape index (κ2) is 14.2. The fourth-order valence-electron chi connectivity index (χ4n) is 11.6. The normalized spacial score (nSPS) is 13.9. The van der Waals surface area contributed by atoms with E-state index in [0.29, 0.717) is 0 Å². The monoisotopic (exact) mass is 815 g/mol. The Bertz CT molecular complexity index is 3480. The van der Waals surface area contributed by atoms with Gasteiger partial charge in [0.25, 0.3) is 0 Å². The van der Waals surface area contributed by atoms with Gasteiger partial charge in [0, 0.05) is 16.5 Å². The summed E-state index contributed by atoms with van der Waals surface area (Å²) in [5.74, 6) is 0. The Hall–Kier alpha value is -8.20. The van der Waals surface area contributed by atoms with E-state index in [2.05, 4.69) is 254 Å². The Balaban J connectivity index is 1.16. The highest BCUT2D eigenvalue weighted by atomic mass is 16.3. The highest BCUT2D eigenvalue weighted by Gasteiger charge is 2.49. The van der Waals surface area contributed by atoms with Crippen molar-refractivity contribution in [3.8, 4) is 22.3 Å². The van der Waals surface area contributed by atoms with Crippen molar-refractivity contribution in [1.82, 2.24) is 0 Å². The molecule has 0 N–H and O–H groups in total. The van der Waals surface area contributed by atoms with Crippen LogP contribution >= 0.6 is 0 Å². The molecule has 0 unspecified atom stereocenters. The topological polar surface area (TPSA) is 16.4 Å². The summed E-state index contributed by atoms with van der Waals surface area (Å²) in [4.78, 5) is 2.48. The molecular weight excluding hydrogens is 775 g/mol. The van der Waals surface area contributed by atoms with E-state index in [-0.39, 0.29) is 0 Å². The number of anilines is 3. The quantitative estimate of drug-likeness (QED) is 0.159. The number of para-hydroxylation sites is 3. The van der Waals surface area contributed by atoms with Crippen molar-refractivity contribution >= 4 is 39.0 Å². The maximum absolute atomic E-state index is 6.98. The molecule has 0 bridgehead atoms. The summed E-state index contributed by atoms with van der Waals surface area (Å²) in [6.45, 7) is 0. The number of benzene rings is 10. The lowest BCUT2D eigenvalue weighted by Gasteiger charge is -2.38. The van der Waals surface area contributed by atoms with Crippen molar-refractivity contribution in [2.24, 2.45) is 0 Å². The fourth-order valence-corrected chi connectivity index (χ4v) is 11.6. The standard InChI is InChI=1S/C62H41NO/c1-4-21-42(22-5-1)61(43-23-6-2-7-24-43)52-32-14-10-29-48(52)49-40-39-45(41-56(49)61)63(58-37-20-31-51-50-30-13-19-38-59(50)64-60(51)58)57-36-18-17-35-55(57)62(44-25-8-3-9-26-44)53-33-15-11-27-46(53)47-28-12-16-34-54(47)62/h1-41H. The zero-order chi connectivity index (χ0) is 42.2. The van der Waals surface area contributed by atoms with Gasteiger partial charge in [-0.1, -0.05) is 218 Å². The molecule has 1 aromatic heterocycles. The molecule has 11 aromatic rings. The molecule has 13 rings (SSSR count). The minimum atomic E-state index is -0.643. The number of nitrogens with zero attached hydrogens (tertiary/aromatic N) is 1. The summed E-state index contributed by atoms with van der Waals surface area (Å²) in [5.41, 5.74) is 18.6. The number of fused-ring (bicyclic) bond motifs is 9. The molecule has 0 atom stereocenters. The predicted octanol–water partition coefficient (Wildman–Crippen LogP) is 15.8. The van der Waals surface area contributed by atoms with E-state index >= 15 is 0 Å². The molecule has 2 aliphatic rings. The van der Waals surface area contributed by atoms with Crippen LogP contribution in [-0.2, 0) is 10.8 Å². The summed E-state index contributed by atoms with van der Waals surface area (Å²) in [7, 11) is 0. The van der Waals surface area contributed by atoms with Crippen LogP contribution in [0.15, 0.2) is 253 Å². The van der Waals surface area contributed by atoms with Gasteiger partial charge in [0.15, 0.2) is 5.58 Å². The van der Waals surface area contributed by atoms with Gasteiger partial charge in [-0.15, -0.1) is 0 Å². The van der Waals surface area contributed by atoms with Crippen molar-refractivity contribution in [2.75, 3.05) is 4.90 Å². The highest BCUT2D eigenvalue weighted by molar-refractivity contribution is 6.10. The zero-order valence-electron chi connectivity index (χ0n) is 35.0. The van der Waals surface area contributed by atoms with Gasteiger partial charge >= 0.3 is 0 Å². The molecular formula is C62H41NO. The molecule has 2 nitrogen and oxygen atoms in total. The molecule has 10 aromatic carbocycles. The first kappa shape index (κ1) is 36.5. The van der Waals surface area contributed by atoms with E-state index < -0.39 is 10.8 Å². The van der Waals surface area contributed by atoms with Gasteiger partial charge in [0.2, 0.25) is 0 Å². The van der Waals surface area contributed by atoms with Crippen LogP contribution in [0.5, 0.6) is 0 Å². The molecule has 0 aliphatic heterocycles. The van der Waals surface area contributed by atoms with Crippen LogP contribution in [0.1, 0.15) is 44.5 Å². The first-order valence-corrected chi connectivity index (χ1v) is 22.2. The summed E-state index contributed by atoms with van der Waals surface area (Å²) >= 11 is 0. The molecule has 0 radical (unpaired) electrons. The van der Waals surface area contributed by atoms with Gasteiger partial charge in [-0.25, -0.2) is 0 Å². The third-order valence-electron chi connectivity index (χ3n) is 14.0. The minimum absolute atomic E-state index is 0.574. The van der Waals surface area contributed by atoms with Crippen LogP contribution < -0.4 is 4.90 Å². The van der Waals surface area contributed by atoms with Crippen LogP contribution in [-0.4, -0.2) is 0 Å². The minimum Gasteiger partial charge on any atom is -0.454 e. The Morgan fingerprint density at radius 3 is 1.34 bits per heavy atom. The van der Waals surface area contributed by atoms with Crippen molar-refractivity contribution in [3.63, 3.8) is 0 Å². The van der Waals surface area contributed by atoms with E-state index in [0.717, 1.165) is 39.0 Å². The number of hydrogen-bond donors (Lipinski definition) is 0. The number of furan rings is 1. The van der Waals surface area contributed by atoms with Crippen LogP contribution in [0.3, 0.4) is 0 Å². The third-order valence-corrected chi connectivity index (χ3v) is 14.0. The highest BCUT2D eigenvalue weighted by Crippen LogP contribution is 2.61. The molecule has 1 heterocycles. The first-order valence-electron chi connectivity index (χ1n) is 22.2. The summed E-state index contributed by atoms with van der Waals surface area (Å²) in [5, 5.41) is 2.19. The molecule has 0 fully saturated rings. The predicted molar refractivity (Wildman–Crippen MR) is 263 cm³/mol. The van der Waals surface area contributed by atoms with E-state index in [9.17, 15) is 0 Å². The largest absolute Gasteiger partial charge is 0.454 e. The maximum Gasteiger partial charge on any atom is 0.159 e. The van der Waals surface area contributed by atoms with Crippen molar-refractivity contribution in [1.29, 1.82) is 0 Å². The molecule has 0 saturated heterocycles. The van der Waals surface area contributed by atoms with Crippen LogP contribution in [0.2, 0.25) is 0 Å². The molecule has 300 valence electrons. The van der Waals surface area contributed by atoms with E-state index in [1.54, 1.807) is 0 Å². The Morgan fingerprint density at radius 2 is 0.734 bits per heavy atom. The molecule has 2 heteroatoms. The lowest BCUT2D eigenvalue weighted by atomic mass is 9.67. The Kier molecular flexibility index (Phi) is 8.07. The van der Waals surface area contributed by atoms with Gasteiger partial charge in [-0.3, -0.25) is 0 Å². The van der Waals surface area contributed by atoms with Crippen molar-refractivity contribution < 1.29 is 4.42 Å². The van der Waals surface area contributed by atoms with Crippen molar-refractivity contribution in [3.05, 3.63) is 293 Å². The van der Waals surface area contributed by atoms with Gasteiger partial charge in [0.05, 0.1) is 22.2 Å². The summed E-state index contributed by atoms with van der Waals surface area (Å²) in [6, 6.07) is 91.5. The Morgan fingerprint density at radius 1 is 0.297 bits per heavy atom. The van der Waals surface area contributed by atoms with Crippen LogP contribution in [0.25, 0.3) is 44.2 Å². The maximum atomic E-state index is 6.98. The van der Waals surface area contributed by atoms with Gasteiger partial charge in [-0.2, -0.15) is 0 Å². The molecule has 0 saturated carbocycles. The average molecular weight is 816 g/mol. The van der Waals surface area contributed by atoms with Crippen LogP contribution in [0, 0.1) is 0 Å². The van der Waals surface area contributed by atoms with E-state index in [1.807, 2.05) is 0 Å².